The number of carbonyl (C=O) groups excluding carboxylic acids is 1. The maximum absolute atomic E-state index is 10.5. The number of rotatable bonds is 1. The Kier molecular flexibility index (Phi) is 1.89. The molecule has 0 radical (unpaired) electrons. The van der Waals surface area contributed by atoms with Gasteiger partial charge in [0.05, 0.1) is 12.6 Å². The summed E-state index contributed by atoms with van der Waals surface area (Å²) in [7, 11) is 0. The molecule has 4 nitrogen and oxygen atoms in total. The summed E-state index contributed by atoms with van der Waals surface area (Å²) in [5.74, 6) is -0.509. The Bertz CT molecular complexity index is 177. The summed E-state index contributed by atoms with van der Waals surface area (Å²) in [5.41, 5.74) is 4.93. The molecule has 1 heterocycles. The first-order valence-electron chi connectivity index (χ1n) is 3.20. The van der Waals surface area contributed by atoms with Crippen LogP contribution in [0.4, 0.5) is 0 Å². The second-order valence-corrected chi connectivity index (χ2v) is 2.28. The Morgan fingerprint density at radius 2 is 2.60 bits per heavy atom. The first-order valence-corrected chi connectivity index (χ1v) is 3.20. The van der Waals surface area contributed by atoms with E-state index < -0.39 is 5.91 Å². The van der Waals surface area contributed by atoms with Gasteiger partial charge in [-0.05, 0) is 6.92 Å². The summed E-state index contributed by atoms with van der Waals surface area (Å²) >= 11 is 0. The number of nitrogens with zero attached hydrogens (tertiary/aromatic N) is 1. The lowest BCUT2D eigenvalue weighted by Gasteiger charge is -2.15. The zero-order valence-electron chi connectivity index (χ0n) is 5.83. The number of carbonyl (C=O) groups is 1. The predicted octanol–water partition coefficient (Wildman–Crippen LogP) is -0.321. The standard InChI is InChI=1S/C6H10N2O2/c1-4-2-3-10-6(8-4)5(7)9/h4H,2-3H2,1H3,(H2,7,9). The van der Waals surface area contributed by atoms with Gasteiger partial charge in [-0.2, -0.15) is 0 Å². The van der Waals surface area contributed by atoms with E-state index in [1.165, 1.54) is 0 Å². The van der Waals surface area contributed by atoms with Gasteiger partial charge in [-0.3, -0.25) is 4.79 Å². The number of primary amides is 1. The monoisotopic (exact) mass is 142 g/mol. The van der Waals surface area contributed by atoms with E-state index in [0.717, 1.165) is 6.42 Å². The summed E-state index contributed by atoms with van der Waals surface area (Å²) in [4.78, 5) is 14.4. The molecule has 1 unspecified atom stereocenters. The van der Waals surface area contributed by atoms with Crippen LogP contribution in [0.1, 0.15) is 13.3 Å². The van der Waals surface area contributed by atoms with E-state index in [1.54, 1.807) is 0 Å². The van der Waals surface area contributed by atoms with Crippen LogP contribution in [0.2, 0.25) is 0 Å². The van der Waals surface area contributed by atoms with E-state index in [2.05, 4.69) is 4.99 Å². The Labute approximate surface area is 59.1 Å². The minimum absolute atomic E-state index is 0.0683. The fraction of sp³-hybridized carbons (Fsp3) is 0.667. The van der Waals surface area contributed by atoms with Crippen molar-refractivity contribution in [2.45, 2.75) is 19.4 Å². The number of hydrogen-bond acceptors (Lipinski definition) is 3. The lowest BCUT2D eigenvalue weighted by Crippen LogP contribution is -2.31. The SMILES string of the molecule is CC1CCOC(C(N)=O)=N1. The van der Waals surface area contributed by atoms with Gasteiger partial charge in [0.25, 0.3) is 5.90 Å². The summed E-state index contributed by atoms with van der Waals surface area (Å²) < 4.78 is 4.89. The normalized spacial score (nSPS) is 24.9. The maximum Gasteiger partial charge on any atom is 0.303 e. The Morgan fingerprint density at radius 3 is 3.00 bits per heavy atom. The molecule has 0 aliphatic carbocycles. The van der Waals surface area contributed by atoms with Crippen molar-refractivity contribution in [2.24, 2.45) is 10.7 Å². The second kappa shape index (κ2) is 2.68. The van der Waals surface area contributed by atoms with Crippen molar-refractivity contribution in [3.63, 3.8) is 0 Å². The van der Waals surface area contributed by atoms with Gasteiger partial charge >= 0.3 is 5.91 Å². The third-order valence-corrected chi connectivity index (χ3v) is 1.32. The zero-order chi connectivity index (χ0) is 7.56. The van der Waals surface area contributed by atoms with Crippen molar-refractivity contribution in [1.82, 2.24) is 0 Å². The highest BCUT2D eigenvalue weighted by atomic mass is 16.5. The molecule has 1 aliphatic rings. The van der Waals surface area contributed by atoms with Crippen molar-refractivity contribution < 1.29 is 9.53 Å². The van der Waals surface area contributed by atoms with E-state index in [-0.39, 0.29) is 11.9 Å². The van der Waals surface area contributed by atoms with Gasteiger partial charge in [0.15, 0.2) is 0 Å². The van der Waals surface area contributed by atoms with Crippen molar-refractivity contribution >= 4 is 11.8 Å². The van der Waals surface area contributed by atoms with Crippen LogP contribution in [0, 0.1) is 0 Å². The molecule has 1 aliphatic heterocycles. The van der Waals surface area contributed by atoms with Gasteiger partial charge < -0.3 is 10.5 Å². The maximum atomic E-state index is 10.5. The minimum atomic E-state index is -0.577. The molecule has 0 spiro atoms. The summed E-state index contributed by atoms with van der Waals surface area (Å²) in [6.07, 6.45) is 0.858. The molecule has 2 N–H and O–H groups in total. The van der Waals surface area contributed by atoms with E-state index in [0.29, 0.717) is 6.61 Å². The fourth-order valence-corrected chi connectivity index (χ4v) is 0.763. The molecule has 0 saturated carbocycles. The minimum Gasteiger partial charge on any atom is -0.474 e. The van der Waals surface area contributed by atoms with Crippen LogP contribution >= 0.6 is 0 Å². The summed E-state index contributed by atoms with van der Waals surface area (Å²) in [6, 6.07) is 0.163. The smallest absolute Gasteiger partial charge is 0.303 e. The first kappa shape index (κ1) is 7.05. The number of nitrogens with two attached hydrogens (primary N) is 1. The van der Waals surface area contributed by atoms with Crippen molar-refractivity contribution in [1.29, 1.82) is 0 Å². The van der Waals surface area contributed by atoms with E-state index in [9.17, 15) is 4.79 Å². The number of aliphatic imine (C=N–C) groups is 1. The summed E-state index contributed by atoms with van der Waals surface area (Å²) in [5, 5.41) is 0. The van der Waals surface area contributed by atoms with Crippen molar-refractivity contribution in [3.05, 3.63) is 0 Å². The molecular formula is C6H10N2O2. The Hall–Kier alpha value is -1.06. The lowest BCUT2D eigenvalue weighted by molar-refractivity contribution is -0.113. The molecule has 1 amide bonds. The van der Waals surface area contributed by atoms with Crippen LogP contribution in [0.3, 0.4) is 0 Å². The van der Waals surface area contributed by atoms with Gasteiger partial charge in [0.1, 0.15) is 0 Å². The van der Waals surface area contributed by atoms with E-state index >= 15 is 0 Å². The average molecular weight is 142 g/mol. The fourth-order valence-electron chi connectivity index (χ4n) is 0.763. The molecule has 0 aromatic rings. The molecule has 1 rings (SSSR count). The molecule has 4 heteroatoms. The third kappa shape index (κ3) is 1.46. The molecule has 0 aromatic heterocycles. The van der Waals surface area contributed by atoms with Gasteiger partial charge in [0, 0.05) is 6.42 Å². The topological polar surface area (TPSA) is 64.7 Å². The molecule has 10 heavy (non-hydrogen) atoms. The van der Waals surface area contributed by atoms with E-state index in [1.807, 2.05) is 6.92 Å². The Balaban J connectivity index is 2.66. The molecule has 0 fully saturated rings. The highest BCUT2D eigenvalue weighted by Gasteiger charge is 2.15. The van der Waals surface area contributed by atoms with Gasteiger partial charge in [-0.15, -0.1) is 0 Å². The highest BCUT2D eigenvalue weighted by molar-refractivity contribution is 6.34. The first-order chi connectivity index (χ1) is 4.70. The second-order valence-electron chi connectivity index (χ2n) is 2.28. The van der Waals surface area contributed by atoms with Crippen molar-refractivity contribution in [2.75, 3.05) is 6.61 Å². The molecule has 0 bridgehead atoms. The van der Waals surface area contributed by atoms with Crippen LogP contribution in [0.5, 0.6) is 0 Å². The summed E-state index contributed by atoms with van der Waals surface area (Å²) in [6.45, 7) is 2.47. The van der Waals surface area contributed by atoms with Crippen LogP contribution in [-0.2, 0) is 9.53 Å². The predicted molar refractivity (Wildman–Crippen MR) is 36.7 cm³/mol. The Morgan fingerprint density at radius 1 is 1.90 bits per heavy atom. The highest BCUT2D eigenvalue weighted by Crippen LogP contribution is 2.04. The third-order valence-electron chi connectivity index (χ3n) is 1.32. The number of ether oxygens (including phenoxy) is 1. The van der Waals surface area contributed by atoms with Crippen LogP contribution in [0.25, 0.3) is 0 Å². The van der Waals surface area contributed by atoms with Crippen LogP contribution < -0.4 is 5.73 Å². The molecule has 0 saturated heterocycles. The van der Waals surface area contributed by atoms with E-state index in [4.69, 9.17) is 10.5 Å². The average Bonchev–Trinajstić information content (AvgIpc) is 1.88. The van der Waals surface area contributed by atoms with Gasteiger partial charge in [-0.25, -0.2) is 4.99 Å². The number of amides is 1. The lowest BCUT2D eigenvalue weighted by atomic mass is 10.2. The molecular weight excluding hydrogens is 132 g/mol. The number of hydrogen-bond donors (Lipinski definition) is 1. The zero-order valence-corrected chi connectivity index (χ0v) is 5.83. The molecule has 0 aromatic carbocycles. The molecule has 56 valence electrons. The van der Waals surface area contributed by atoms with Gasteiger partial charge in [-0.1, -0.05) is 0 Å². The van der Waals surface area contributed by atoms with Gasteiger partial charge in [0.2, 0.25) is 0 Å². The van der Waals surface area contributed by atoms with Crippen molar-refractivity contribution in [3.8, 4) is 0 Å². The van der Waals surface area contributed by atoms with Crippen LogP contribution in [0.15, 0.2) is 4.99 Å². The van der Waals surface area contributed by atoms with Crippen LogP contribution in [-0.4, -0.2) is 24.5 Å². The quantitative estimate of drug-likeness (QED) is 0.545. The largest absolute Gasteiger partial charge is 0.474 e. The molecule has 1 atom stereocenters.